The Morgan fingerprint density at radius 2 is 1.68 bits per heavy atom. The number of benzene rings is 2. The van der Waals surface area contributed by atoms with Gasteiger partial charge in [0.25, 0.3) is 0 Å². The van der Waals surface area contributed by atoms with E-state index in [1.807, 2.05) is 5.20 Å². The van der Waals surface area contributed by atoms with Crippen molar-refractivity contribution in [2.24, 2.45) is 0 Å². The first kappa shape index (κ1) is 15.5. The van der Waals surface area contributed by atoms with Crippen LogP contribution in [0.3, 0.4) is 0 Å². The molecule has 0 N–H and O–H groups in total. The average Bonchev–Trinajstić information content (AvgIpc) is 2.74. The molecule has 1 atom stereocenters. The SMILES string of the molecule is C[Si]1(C)C2=[C]([Zr+2])c3c(ccc4ccccc34)C21.[Cl-].[Cl-]. The standard InChI is InChI=1S/C15H13Si.2ClH.Zr/c1-16(2)14-9-13-11-6-4-3-5-10(11)7-8-12(13)15(14)16;;;/h3-8,15H,1-2H3;2*1H;/q;;;+2/p-2. The zero-order valence-corrected chi connectivity index (χ0v) is 15.8. The molecule has 19 heavy (non-hydrogen) atoms. The van der Waals surface area contributed by atoms with Crippen molar-refractivity contribution in [2.45, 2.75) is 18.6 Å². The van der Waals surface area contributed by atoms with Crippen LogP contribution in [0, 0.1) is 0 Å². The van der Waals surface area contributed by atoms with E-state index >= 15 is 0 Å². The Bertz CT molecular complexity index is 706. The third-order valence-electron chi connectivity index (χ3n) is 4.41. The zero-order chi connectivity index (χ0) is 11.8. The van der Waals surface area contributed by atoms with Gasteiger partial charge in [-0.2, -0.15) is 0 Å². The van der Waals surface area contributed by atoms with Crippen molar-refractivity contribution < 1.29 is 49.5 Å². The van der Waals surface area contributed by atoms with Crippen molar-refractivity contribution in [1.82, 2.24) is 0 Å². The summed E-state index contributed by atoms with van der Waals surface area (Å²) in [7, 11) is -1.01. The molecular formula is C15H13Cl2SiZr. The molecule has 0 aromatic heterocycles. The van der Waals surface area contributed by atoms with Crippen molar-refractivity contribution in [1.29, 1.82) is 0 Å². The maximum atomic E-state index is 2.52. The summed E-state index contributed by atoms with van der Waals surface area (Å²) in [6.45, 7) is 5.05. The molecule has 4 heteroatoms. The van der Waals surface area contributed by atoms with Crippen LogP contribution in [-0.2, 0) is 24.7 Å². The van der Waals surface area contributed by atoms with E-state index < -0.39 is 8.07 Å². The van der Waals surface area contributed by atoms with E-state index in [0.29, 0.717) is 0 Å². The summed E-state index contributed by atoms with van der Waals surface area (Å²) in [6.07, 6.45) is 0. The zero-order valence-electron chi connectivity index (χ0n) is 10.8. The molecule has 1 saturated heterocycles. The summed E-state index contributed by atoms with van der Waals surface area (Å²) in [5.41, 5.74) is 4.09. The molecule has 95 valence electrons. The molecule has 1 heterocycles. The van der Waals surface area contributed by atoms with Crippen molar-refractivity contribution in [3.05, 3.63) is 52.7 Å². The Hall–Kier alpha value is 0.120. The minimum Gasteiger partial charge on any atom is -1.00 e. The van der Waals surface area contributed by atoms with Gasteiger partial charge in [0, 0.05) is 0 Å². The summed E-state index contributed by atoms with van der Waals surface area (Å²) >= 11 is 1.61. The molecule has 1 unspecified atom stereocenters. The van der Waals surface area contributed by atoms with Gasteiger partial charge in [-0.15, -0.1) is 0 Å². The van der Waals surface area contributed by atoms with Crippen molar-refractivity contribution in [2.75, 3.05) is 0 Å². The first-order valence-electron chi connectivity index (χ1n) is 6.10. The van der Waals surface area contributed by atoms with Crippen LogP contribution in [0.5, 0.6) is 0 Å². The smallest absolute Gasteiger partial charge is 1.00 e. The average molecular weight is 383 g/mol. The van der Waals surface area contributed by atoms with Crippen molar-refractivity contribution in [3.63, 3.8) is 0 Å². The Morgan fingerprint density at radius 1 is 1.00 bits per heavy atom. The van der Waals surface area contributed by atoms with E-state index in [4.69, 9.17) is 0 Å². The number of rotatable bonds is 0. The van der Waals surface area contributed by atoms with Gasteiger partial charge in [0.2, 0.25) is 0 Å². The van der Waals surface area contributed by atoms with E-state index in [9.17, 15) is 0 Å². The summed E-state index contributed by atoms with van der Waals surface area (Å²) < 4.78 is 1.69. The molecule has 1 aliphatic carbocycles. The van der Waals surface area contributed by atoms with E-state index in [2.05, 4.69) is 49.5 Å². The number of hydrogen-bond acceptors (Lipinski definition) is 0. The Kier molecular flexibility index (Phi) is 3.95. The molecule has 0 nitrogen and oxygen atoms in total. The van der Waals surface area contributed by atoms with Gasteiger partial charge in [-0.25, -0.2) is 0 Å². The van der Waals surface area contributed by atoms with Crippen LogP contribution in [0.1, 0.15) is 16.7 Å². The van der Waals surface area contributed by atoms with E-state index in [-0.39, 0.29) is 24.8 Å². The second-order valence-corrected chi connectivity index (χ2v) is 11.5. The molecule has 0 bridgehead atoms. The minimum atomic E-state index is -1.01. The number of halogens is 2. The van der Waals surface area contributed by atoms with Gasteiger partial charge in [-0.1, -0.05) is 0 Å². The molecule has 2 aromatic carbocycles. The summed E-state index contributed by atoms with van der Waals surface area (Å²) in [4.78, 5) is 0. The number of hydrogen-bond donors (Lipinski definition) is 0. The molecule has 0 spiro atoms. The van der Waals surface area contributed by atoms with E-state index in [0.717, 1.165) is 5.54 Å². The van der Waals surface area contributed by atoms with E-state index in [1.54, 1.807) is 39.1 Å². The second kappa shape index (κ2) is 4.84. The van der Waals surface area contributed by atoms with Crippen LogP contribution in [0.15, 0.2) is 41.6 Å². The first-order chi connectivity index (χ1) is 8.12. The molecule has 0 radical (unpaired) electrons. The molecule has 0 amide bonds. The number of fused-ring (bicyclic) bond motifs is 5. The van der Waals surface area contributed by atoms with Crippen LogP contribution < -0.4 is 24.8 Å². The normalized spacial score (nSPS) is 21.4. The molecular weight excluding hydrogens is 370 g/mol. The predicted octanol–water partition coefficient (Wildman–Crippen LogP) is -2.00. The first-order valence-corrected chi connectivity index (χ1v) is 10.4. The Balaban J connectivity index is 0.000000667. The van der Waals surface area contributed by atoms with Crippen LogP contribution in [0.2, 0.25) is 13.1 Å². The van der Waals surface area contributed by atoms with Gasteiger partial charge in [-0.05, 0) is 0 Å². The monoisotopic (exact) mass is 381 g/mol. The van der Waals surface area contributed by atoms with Gasteiger partial charge in [0.05, 0.1) is 0 Å². The molecule has 1 fully saturated rings. The summed E-state index contributed by atoms with van der Waals surface area (Å²) in [5, 5.41) is 4.72. The number of allylic oxidation sites excluding steroid dienone is 1. The van der Waals surface area contributed by atoms with Gasteiger partial charge in [-0.3, -0.25) is 0 Å². The second-order valence-electron chi connectivity index (χ2n) is 5.69. The van der Waals surface area contributed by atoms with Crippen LogP contribution >= 0.6 is 0 Å². The quantitative estimate of drug-likeness (QED) is 0.462. The van der Waals surface area contributed by atoms with Gasteiger partial charge >= 0.3 is 118 Å². The van der Waals surface area contributed by atoms with Crippen LogP contribution in [-0.4, -0.2) is 8.07 Å². The fraction of sp³-hybridized carbons (Fsp3) is 0.200. The van der Waals surface area contributed by atoms with Crippen molar-refractivity contribution in [3.8, 4) is 0 Å². The molecule has 1 aliphatic heterocycles. The predicted molar refractivity (Wildman–Crippen MR) is 71.1 cm³/mol. The third-order valence-corrected chi connectivity index (χ3v) is 9.96. The summed E-state index contributed by atoms with van der Waals surface area (Å²) in [5.74, 6) is 0. The van der Waals surface area contributed by atoms with Crippen LogP contribution in [0.25, 0.3) is 14.1 Å². The summed E-state index contributed by atoms with van der Waals surface area (Å²) in [6, 6.07) is 13.5. The fourth-order valence-electron chi connectivity index (χ4n) is 3.50. The maximum Gasteiger partial charge on any atom is -1.00 e. The third kappa shape index (κ3) is 1.87. The molecule has 2 aromatic rings. The van der Waals surface area contributed by atoms with Crippen molar-refractivity contribution >= 4 is 22.1 Å². The van der Waals surface area contributed by atoms with Gasteiger partial charge < -0.3 is 24.8 Å². The maximum absolute atomic E-state index is 2.52. The van der Waals surface area contributed by atoms with E-state index in [1.165, 1.54) is 10.8 Å². The minimum absolute atomic E-state index is 0. The van der Waals surface area contributed by atoms with Crippen LogP contribution in [0.4, 0.5) is 0 Å². The Labute approximate surface area is 142 Å². The largest absolute Gasteiger partial charge is 1.00 e. The molecule has 4 rings (SSSR count). The topological polar surface area (TPSA) is 0 Å². The van der Waals surface area contributed by atoms with Gasteiger partial charge in [0.1, 0.15) is 0 Å². The molecule has 0 saturated carbocycles. The fourth-order valence-corrected chi connectivity index (χ4v) is 11.3. The Morgan fingerprint density at radius 3 is 2.42 bits per heavy atom. The molecule has 2 aliphatic rings. The van der Waals surface area contributed by atoms with Gasteiger partial charge in [0.15, 0.2) is 0 Å².